The SMILES string of the molecule is CC(C)(C)c1cccc(N2CN(c3cccc(Oc4ccc5c6cc(C(F)(F)F)ccc6n(-c6cc(C(C)(C)C)ccn6)c5c4)c3)c3ccc(-c4ccccc4)cc32)c1. The van der Waals surface area contributed by atoms with Gasteiger partial charge in [0.15, 0.2) is 0 Å². The van der Waals surface area contributed by atoms with Gasteiger partial charge in [0.2, 0.25) is 0 Å². The Bertz CT molecular complexity index is 2870. The first-order valence-electron chi connectivity index (χ1n) is 19.9. The summed E-state index contributed by atoms with van der Waals surface area (Å²) in [5, 5.41) is 1.17. The number of pyridine rings is 1. The van der Waals surface area contributed by atoms with Crippen molar-refractivity contribution in [2.75, 3.05) is 16.5 Å². The van der Waals surface area contributed by atoms with Crippen LogP contribution in [0.2, 0.25) is 0 Å². The van der Waals surface area contributed by atoms with Crippen LogP contribution in [0, 0.1) is 0 Å². The quantitative estimate of drug-likeness (QED) is 0.168. The van der Waals surface area contributed by atoms with E-state index in [0.29, 0.717) is 45.8 Å². The Morgan fingerprint density at radius 3 is 1.95 bits per heavy atom. The van der Waals surface area contributed by atoms with Crippen LogP contribution >= 0.6 is 0 Å². The molecule has 0 spiro atoms. The van der Waals surface area contributed by atoms with Gasteiger partial charge in [0, 0.05) is 40.5 Å². The minimum atomic E-state index is -4.48. The monoisotopic (exact) mass is 786 g/mol. The summed E-state index contributed by atoms with van der Waals surface area (Å²) in [7, 11) is 0. The molecule has 5 nitrogen and oxygen atoms in total. The van der Waals surface area contributed by atoms with Crippen molar-refractivity contribution in [1.29, 1.82) is 0 Å². The van der Waals surface area contributed by atoms with Crippen molar-refractivity contribution in [2.24, 2.45) is 0 Å². The highest BCUT2D eigenvalue weighted by Crippen LogP contribution is 2.47. The van der Waals surface area contributed by atoms with Crippen molar-refractivity contribution in [2.45, 2.75) is 58.5 Å². The van der Waals surface area contributed by atoms with Crippen LogP contribution in [0.1, 0.15) is 58.2 Å². The zero-order chi connectivity index (χ0) is 41.3. The molecule has 0 bridgehead atoms. The van der Waals surface area contributed by atoms with Gasteiger partial charge in [-0.1, -0.05) is 96.1 Å². The van der Waals surface area contributed by atoms with Crippen LogP contribution in [0.4, 0.5) is 35.9 Å². The van der Waals surface area contributed by atoms with E-state index in [1.165, 1.54) is 17.7 Å². The first kappa shape index (κ1) is 38.0. The molecule has 2 aromatic heterocycles. The number of hydrogen-bond acceptors (Lipinski definition) is 4. The molecule has 0 saturated carbocycles. The fraction of sp³-hybridized carbons (Fsp3) is 0.196. The molecule has 1 aliphatic heterocycles. The molecular weight excluding hydrogens is 742 g/mol. The van der Waals surface area contributed by atoms with Crippen LogP contribution in [0.25, 0.3) is 38.8 Å². The second-order valence-electron chi connectivity index (χ2n) is 17.4. The lowest BCUT2D eigenvalue weighted by Gasteiger charge is -2.25. The van der Waals surface area contributed by atoms with Crippen LogP contribution in [0.5, 0.6) is 11.5 Å². The molecule has 0 fully saturated rings. The summed E-state index contributed by atoms with van der Waals surface area (Å²) in [6, 6.07) is 47.3. The molecule has 1 aliphatic rings. The maximum absolute atomic E-state index is 14.0. The van der Waals surface area contributed by atoms with E-state index >= 15 is 0 Å². The average Bonchev–Trinajstić information content (AvgIpc) is 3.76. The molecule has 8 aromatic rings. The van der Waals surface area contributed by atoms with E-state index in [-0.39, 0.29) is 10.8 Å². The molecule has 59 heavy (non-hydrogen) atoms. The number of halogens is 3. The van der Waals surface area contributed by atoms with E-state index in [1.54, 1.807) is 6.20 Å². The number of hydrogen-bond donors (Lipinski definition) is 0. The molecule has 0 amide bonds. The summed E-state index contributed by atoms with van der Waals surface area (Å²) < 4.78 is 50.4. The molecule has 8 heteroatoms. The second-order valence-corrected chi connectivity index (χ2v) is 17.4. The normalized spacial score (nSPS) is 13.4. The van der Waals surface area contributed by atoms with Crippen molar-refractivity contribution in [1.82, 2.24) is 9.55 Å². The third-order valence-electron chi connectivity index (χ3n) is 11.2. The maximum atomic E-state index is 14.0. The molecule has 0 unspecified atom stereocenters. The summed E-state index contributed by atoms with van der Waals surface area (Å²) >= 11 is 0. The zero-order valence-corrected chi connectivity index (χ0v) is 34.0. The Hall–Kier alpha value is -6.54. The van der Waals surface area contributed by atoms with Gasteiger partial charge in [-0.25, -0.2) is 4.98 Å². The number of aromatic nitrogens is 2. The lowest BCUT2D eigenvalue weighted by Crippen LogP contribution is -2.24. The largest absolute Gasteiger partial charge is 0.457 e. The molecule has 0 aliphatic carbocycles. The second kappa shape index (κ2) is 14.1. The molecule has 0 saturated heterocycles. The van der Waals surface area contributed by atoms with Crippen LogP contribution in [-0.2, 0) is 17.0 Å². The smallest absolute Gasteiger partial charge is 0.416 e. The Morgan fingerprint density at radius 2 is 1.20 bits per heavy atom. The number of benzene rings is 6. The highest BCUT2D eigenvalue weighted by Gasteiger charge is 2.32. The molecule has 6 aromatic carbocycles. The number of nitrogens with zero attached hydrogens (tertiary/aromatic N) is 4. The summed E-state index contributed by atoms with van der Waals surface area (Å²) in [6.07, 6.45) is -2.72. The predicted octanol–water partition coefficient (Wildman–Crippen LogP) is 14.5. The van der Waals surface area contributed by atoms with E-state index in [2.05, 4.69) is 124 Å². The van der Waals surface area contributed by atoms with Crippen molar-refractivity contribution in [3.05, 3.63) is 168 Å². The molecule has 3 heterocycles. The lowest BCUT2D eigenvalue weighted by molar-refractivity contribution is -0.137. The van der Waals surface area contributed by atoms with Gasteiger partial charge in [-0.05, 0) is 112 Å². The van der Waals surface area contributed by atoms with Crippen LogP contribution in [0.15, 0.2) is 152 Å². The summed E-state index contributed by atoms with van der Waals surface area (Å²) in [5.74, 6) is 1.81. The van der Waals surface area contributed by atoms with Gasteiger partial charge in [0.05, 0.1) is 28.0 Å². The third-order valence-corrected chi connectivity index (χ3v) is 11.2. The number of ether oxygens (including phenoxy) is 1. The number of fused-ring (bicyclic) bond motifs is 4. The summed E-state index contributed by atoms with van der Waals surface area (Å²) in [6.45, 7) is 13.7. The molecular formula is C51H45F3N4O. The highest BCUT2D eigenvalue weighted by atomic mass is 19.4. The van der Waals surface area contributed by atoms with E-state index in [9.17, 15) is 13.2 Å². The van der Waals surface area contributed by atoms with Crippen molar-refractivity contribution in [3.63, 3.8) is 0 Å². The lowest BCUT2D eigenvalue weighted by atomic mass is 9.87. The predicted molar refractivity (Wildman–Crippen MR) is 235 cm³/mol. The Morgan fingerprint density at radius 1 is 0.508 bits per heavy atom. The topological polar surface area (TPSA) is 33.5 Å². The molecule has 0 N–H and O–H groups in total. The van der Waals surface area contributed by atoms with Gasteiger partial charge in [-0.2, -0.15) is 13.2 Å². The maximum Gasteiger partial charge on any atom is 0.416 e. The Balaban J connectivity index is 1.11. The fourth-order valence-corrected chi connectivity index (χ4v) is 8.00. The Kier molecular flexibility index (Phi) is 9.07. The standard InChI is InChI=1S/C51H45F3N4O/c1-49(2,3)35-14-10-15-38(27-35)57-32-56(45-22-18-34(26-47(45)57)33-12-8-7-9-13-33)39-16-11-17-40(30-39)59-41-20-21-42-43-28-37(51(52,53)54)19-23-44(43)58(46(42)31-41)48-29-36(24-25-55-48)50(4,5)6/h7-31H,32H2,1-6H3. The van der Waals surface area contributed by atoms with Crippen LogP contribution in [0.3, 0.4) is 0 Å². The zero-order valence-electron chi connectivity index (χ0n) is 34.0. The minimum Gasteiger partial charge on any atom is -0.457 e. The van der Waals surface area contributed by atoms with Crippen LogP contribution < -0.4 is 14.5 Å². The summed E-state index contributed by atoms with van der Waals surface area (Å²) in [5.41, 5.74) is 9.36. The average molecular weight is 787 g/mol. The minimum absolute atomic E-state index is 0.00777. The van der Waals surface area contributed by atoms with Gasteiger partial charge in [-0.3, -0.25) is 4.57 Å². The highest BCUT2D eigenvalue weighted by molar-refractivity contribution is 6.09. The third kappa shape index (κ3) is 7.17. The number of rotatable bonds is 6. The van der Waals surface area contributed by atoms with Crippen molar-refractivity contribution in [3.8, 4) is 28.4 Å². The van der Waals surface area contributed by atoms with E-state index in [1.807, 2.05) is 59.2 Å². The molecule has 296 valence electrons. The van der Waals surface area contributed by atoms with Gasteiger partial charge < -0.3 is 14.5 Å². The van der Waals surface area contributed by atoms with Crippen molar-refractivity contribution < 1.29 is 17.9 Å². The van der Waals surface area contributed by atoms with Gasteiger partial charge >= 0.3 is 6.18 Å². The molecule has 0 radical (unpaired) electrons. The molecule has 0 atom stereocenters. The van der Waals surface area contributed by atoms with Crippen LogP contribution in [-0.4, -0.2) is 16.2 Å². The van der Waals surface area contributed by atoms with E-state index < -0.39 is 11.7 Å². The fourth-order valence-electron chi connectivity index (χ4n) is 8.00. The van der Waals surface area contributed by atoms with E-state index in [0.717, 1.165) is 45.5 Å². The number of alkyl halides is 3. The first-order valence-corrected chi connectivity index (χ1v) is 19.9. The number of anilines is 4. The van der Waals surface area contributed by atoms with Gasteiger partial charge in [-0.15, -0.1) is 0 Å². The van der Waals surface area contributed by atoms with Gasteiger partial charge in [0.1, 0.15) is 24.0 Å². The summed E-state index contributed by atoms with van der Waals surface area (Å²) in [4.78, 5) is 9.38. The Labute approximate surface area is 342 Å². The van der Waals surface area contributed by atoms with E-state index in [4.69, 9.17) is 9.72 Å². The van der Waals surface area contributed by atoms with Crippen molar-refractivity contribution >= 4 is 44.6 Å². The van der Waals surface area contributed by atoms with Gasteiger partial charge in [0.25, 0.3) is 0 Å². The molecule has 9 rings (SSSR count). The first-order chi connectivity index (χ1) is 28.1.